The van der Waals surface area contributed by atoms with Crippen LogP contribution in [0.25, 0.3) is 17.3 Å². The first-order chi connectivity index (χ1) is 18.8. The van der Waals surface area contributed by atoms with Gasteiger partial charge in [0.05, 0.1) is 29.5 Å². The van der Waals surface area contributed by atoms with Gasteiger partial charge in [0.2, 0.25) is 5.76 Å². The largest absolute Gasteiger partial charge is 0.490 e. The monoisotopic (exact) mass is 592 g/mol. The van der Waals surface area contributed by atoms with Crippen LogP contribution in [0.4, 0.5) is 9.52 Å². The summed E-state index contributed by atoms with van der Waals surface area (Å²) in [6, 6.07) is 7.81. The fourth-order valence-corrected chi connectivity index (χ4v) is 5.70. The van der Waals surface area contributed by atoms with E-state index in [-0.39, 0.29) is 38.7 Å². The Labute approximate surface area is 239 Å². The summed E-state index contributed by atoms with van der Waals surface area (Å²) in [6.07, 6.45) is 7.23. The number of hydrogen-bond acceptors (Lipinski definition) is 6. The first-order valence-electron chi connectivity index (χ1n) is 12.4. The van der Waals surface area contributed by atoms with E-state index in [2.05, 4.69) is 10.3 Å². The molecule has 1 amide bonds. The van der Waals surface area contributed by atoms with Crippen molar-refractivity contribution in [3.8, 4) is 11.3 Å². The maximum atomic E-state index is 15.3. The molecule has 0 aliphatic heterocycles. The van der Waals surface area contributed by atoms with Crippen LogP contribution >= 0.6 is 34.5 Å². The van der Waals surface area contributed by atoms with Crippen LogP contribution in [-0.4, -0.2) is 35.7 Å². The van der Waals surface area contributed by atoms with Crippen molar-refractivity contribution >= 4 is 57.6 Å². The standard InChI is InChI=1S/C28H27Cl2FN2O5S/c1-37-24(27(35)36)12-20-21(29)10-18(11-22(20)30)26(34)33-28-32-23(15-39-28)19-9-5-8-17(25(19)31)14-38-13-16-6-3-2-4-7-16/h5,8-12,15-16H,2-4,6-7,13-14H2,1H3,(H,35,36)(H,32,33,34)/b24-12+. The maximum absolute atomic E-state index is 15.3. The Morgan fingerprint density at radius 1 is 1.21 bits per heavy atom. The lowest BCUT2D eigenvalue weighted by Gasteiger charge is -2.21. The average molecular weight is 594 g/mol. The quantitative estimate of drug-likeness (QED) is 0.185. The molecule has 1 aliphatic rings. The number of methoxy groups -OCH3 is 1. The lowest BCUT2D eigenvalue weighted by Crippen LogP contribution is -2.13. The van der Waals surface area contributed by atoms with Gasteiger partial charge >= 0.3 is 5.97 Å². The predicted octanol–water partition coefficient (Wildman–Crippen LogP) is 7.68. The van der Waals surface area contributed by atoms with E-state index in [1.165, 1.54) is 44.6 Å². The van der Waals surface area contributed by atoms with E-state index in [1.54, 1.807) is 23.6 Å². The number of carbonyl (C=O) groups excluding carboxylic acids is 1. The molecule has 0 saturated heterocycles. The van der Waals surface area contributed by atoms with E-state index < -0.39 is 17.7 Å². The van der Waals surface area contributed by atoms with Gasteiger partial charge in [-0.15, -0.1) is 11.3 Å². The molecule has 0 unspecified atom stereocenters. The number of amides is 1. The number of benzene rings is 2. The Morgan fingerprint density at radius 2 is 1.92 bits per heavy atom. The van der Waals surface area contributed by atoms with Crippen LogP contribution in [0.5, 0.6) is 0 Å². The van der Waals surface area contributed by atoms with Gasteiger partial charge in [0.15, 0.2) is 5.13 Å². The summed E-state index contributed by atoms with van der Waals surface area (Å²) in [6.45, 7) is 0.823. The smallest absolute Gasteiger partial charge is 0.371 e. The number of nitrogens with zero attached hydrogens (tertiary/aromatic N) is 1. The second-order valence-electron chi connectivity index (χ2n) is 9.16. The van der Waals surface area contributed by atoms with Crippen LogP contribution in [0.15, 0.2) is 41.5 Å². The van der Waals surface area contributed by atoms with Gasteiger partial charge in [-0.1, -0.05) is 54.6 Å². The number of ether oxygens (including phenoxy) is 2. The third-order valence-electron chi connectivity index (χ3n) is 6.46. The number of carboxylic acids is 1. The van der Waals surface area contributed by atoms with Gasteiger partial charge < -0.3 is 14.6 Å². The normalized spacial score (nSPS) is 14.3. The number of nitrogens with one attached hydrogen (secondary N) is 1. The molecular formula is C28H27Cl2FN2O5S. The summed E-state index contributed by atoms with van der Waals surface area (Å²) in [7, 11) is 1.21. The number of anilines is 1. The second kappa shape index (κ2) is 13.4. The molecule has 2 N–H and O–H groups in total. The van der Waals surface area contributed by atoms with Crippen LogP contribution in [0.3, 0.4) is 0 Å². The first kappa shape index (κ1) is 29.0. The van der Waals surface area contributed by atoms with Gasteiger partial charge in [0, 0.05) is 34.2 Å². The minimum atomic E-state index is -1.29. The van der Waals surface area contributed by atoms with E-state index in [0.717, 1.165) is 24.2 Å². The van der Waals surface area contributed by atoms with E-state index in [0.29, 0.717) is 29.3 Å². The Kier molecular flexibility index (Phi) is 9.96. The highest BCUT2D eigenvalue weighted by atomic mass is 35.5. The molecule has 7 nitrogen and oxygen atoms in total. The van der Waals surface area contributed by atoms with Crippen molar-refractivity contribution in [2.45, 2.75) is 38.7 Å². The van der Waals surface area contributed by atoms with Crippen LogP contribution in [0.1, 0.15) is 53.6 Å². The maximum Gasteiger partial charge on any atom is 0.371 e. The summed E-state index contributed by atoms with van der Waals surface area (Å²) < 4.78 is 25.9. The number of aliphatic carboxylic acids is 1. The molecule has 3 aromatic rings. The average Bonchev–Trinajstić information content (AvgIpc) is 3.37. The first-order valence-corrected chi connectivity index (χ1v) is 14.0. The molecule has 39 heavy (non-hydrogen) atoms. The summed E-state index contributed by atoms with van der Waals surface area (Å²) >= 11 is 13.7. The Balaban J connectivity index is 1.44. The van der Waals surface area contributed by atoms with Crippen molar-refractivity contribution in [1.29, 1.82) is 0 Å². The molecule has 4 rings (SSSR count). The highest BCUT2D eigenvalue weighted by Gasteiger charge is 2.19. The third-order valence-corrected chi connectivity index (χ3v) is 7.85. The number of thiazole rings is 1. The van der Waals surface area contributed by atoms with Crippen molar-refractivity contribution in [1.82, 2.24) is 4.98 Å². The van der Waals surface area contributed by atoms with Crippen molar-refractivity contribution in [2.75, 3.05) is 19.0 Å². The van der Waals surface area contributed by atoms with E-state index in [1.807, 2.05) is 0 Å². The fraction of sp³-hybridized carbons (Fsp3) is 0.321. The topological polar surface area (TPSA) is 97.8 Å². The molecular weight excluding hydrogens is 566 g/mol. The molecule has 1 aromatic heterocycles. The molecule has 1 heterocycles. The van der Waals surface area contributed by atoms with Gasteiger partial charge in [-0.3, -0.25) is 10.1 Å². The van der Waals surface area contributed by atoms with E-state index in [9.17, 15) is 9.59 Å². The minimum Gasteiger partial charge on any atom is -0.490 e. The number of halogens is 3. The van der Waals surface area contributed by atoms with E-state index >= 15 is 4.39 Å². The molecule has 0 bridgehead atoms. The molecule has 206 valence electrons. The van der Waals surface area contributed by atoms with Crippen molar-refractivity contribution in [3.05, 3.63) is 74.0 Å². The molecule has 2 aromatic carbocycles. The zero-order valence-electron chi connectivity index (χ0n) is 21.1. The summed E-state index contributed by atoms with van der Waals surface area (Å²) in [5.41, 5.74) is 1.50. The van der Waals surface area contributed by atoms with Crippen LogP contribution < -0.4 is 5.32 Å². The lowest BCUT2D eigenvalue weighted by molar-refractivity contribution is -0.135. The molecule has 11 heteroatoms. The van der Waals surface area contributed by atoms with Crippen molar-refractivity contribution < 1.29 is 28.6 Å². The number of aromatic nitrogens is 1. The number of hydrogen-bond donors (Lipinski definition) is 2. The van der Waals surface area contributed by atoms with Crippen LogP contribution in [-0.2, 0) is 20.9 Å². The molecule has 1 aliphatic carbocycles. The van der Waals surface area contributed by atoms with Gasteiger partial charge in [-0.2, -0.15) is 0 Å². The predicted molar refractivity (Wildman–Crippen MR) is 151 cm³/mol. The minimum absolute atomic E-state index is 0.0628. The molecule has 0 spiro atoms. The fourth-order valence-electron chi connectivity index (χ4n) is 4.39. The lowest BCUT2D eigenvalue weighted by atomic mass is 9.90. The highest BCUT2D eigenvalue weighted by molar-refractivity contribution is 7.14. The van der Waals surface area contributed by atoms with E-state index in [4.69, 9.17) is 37.8 Å². The summed E-state index contributed by atoms with van der Waals surface area (Å²) in [5, 5.41) is 13.9. The summed E-state index contributed by atoms with van der Waals surface area (Å²) in [4.78, 5) is 28.4. The number of rotatable bonds is 10. The Hall–Kier alpha value is -2.98. The molecule has 0 radical (unpaired) electrons. The van der Waals surface area contributed by atoms with Gasteiger partial charge in [-0.25, -0.2) is 14.2 Å². The SMILES string of the molecule is CO/C(=C/c1c(Cl)cc(C(=O)Nc2nc(-c3cccc(COCC4CCCCC4)c3F)cs2)cc1Cl)C(=O)O. The highest BCUT2D eigenvalue weighted by Crippen LogP contribution is 2.32. The van der Waals surface area contributed by atoms with Crippen LogP contribution in [0, 0.1) is 11.7 Å². The Morgan fingerprint density at radius 3 is 2.59 bits per heavy atom. The van der Waals surface area contributed by atoms with Gasteiger partial charge in [0.25, 0.3) is 5.91 Å². The van der Waals surface area contributed by atoms with Crippen molar-refractivity contribution in [2.24, 2.45) is 5.92 Å². The molecule has 1 fully saturated rings. The number of carboxylic acid groups (broad SMARTS) is 1. The zero-order valence-corrected chi connectivity index (χ0v) is 23.5. The third kappa shape index (κ3) is 7.36. The zero-order chi connectivity index (χ0) is 27.9. The molecule has 0 atom stereocenters. The van der Waals surface area contributed by atoms with Crippen molar-refractivity contribution in [3.63, 3.8) is 0 Å². The second-order valence-corrected chi connectivity index (χ2v) is 10.8. The van der Waals surface area contributed by atoms with Gasteiger partial charge in [0.1, 0.15) is 5.82 Å². The summed E-state index contributed by atoms with van der Waals surface area (Å²) in [5.74, 6) is -2.05. The molecule has 1 saturated carbocycles. The van der Waals surface area contributed by atoms with Gasteiger partial charge in [-0.05, 0) is 43.0 Å². The van der Waals surface area contributed by atoms with Crippen LogP contribution in [0.2, 0.25) is 10.0 Å². The number of carbonyl (C=O) groups is 2. The Bertz CT molecular complexity index is 1370.